The van der Waals surface area contributed by atoms with Crippen LogP contribution in [0.15, 0.2) is 41.5 Å². The van der Waals surface area contributed by atoms with Crippen LogP contribution in [0.3, 0.4) is 0 Å². The van der Waals surface area contributed by atoms with Gasteiger partial charge in [0.05, 0.1) is 5.69 Å². The monoisotopic (exact) mass is 214 g/mol. The van der Waals surface area contributed by atoms with Gasteiger partial charge in [-0.1, -0.05) is 18.2 Å². The van der Waals surface area contributed by atoms with Gasteiger partial charge in [-0.05, 0) is 22.6 Å². The molecule has 2 aromatic heterocycles. The molecule has 78 valence electrons. The highest BCUT2D eigenvalue weighted by atomic mass is 16.1. The van der Waals surface area contributed by atoms with E-state index in [2.05, 4.69) is 20.4 Å². The van der Waals surface area contributed by atoms with Crippen molar-refractivity contribution in [1.29, 1.82) is 0 Å². The topological polar surface area (TPSA) is 78.0 Å². The van der Waals surface area contributed by atoms with E-state index >= 15 is 0 Å². The third kappa shape index (κ3) is 1.18. The fourth-order valence-electron chi connectivity index (χ4n) is 1.40. The smallest absolute Gasteiger partial charge is 0.243 e. The van der Waals surface area contributed by atoms with E-state index in [9.17, 15) is 4.79 Å². The van der Waals surface area contributed by atoms with Crippen LogP contribution >= 0.6 is 0 Å². The molecule has 0 atom stereocenters. The van der Waals surface area contributed by atoms with Crippen LogP contribution in [0, 0.1) is 0 Å². The number of hydrogen-bond acceptors (Lipinski definition) is 5. The Hall–Kier alpha value is -2.57. The standard InChI is InChI=1S/C9H6N6O/c16-9-11-6-10-8-14(12-13-15(8)9)7-4-2-1-3-5-7/h1-6H. The van der Waals surface area contributed by atoms with Crippen molar-refractivity contribution in [2.45, 2.75) is 0 Å². The van der Waals surface area contributed by atoms with E-state index in [0.29, 0.717) is 5.78 Å². The average Bonchev–Trinajstić information content (AvgIpc) is 2.75. The highest BCUT2D eigenvalue weighted by molar-refractivity contribution is 5.39. The molecule has 0 aliphatic rings. The highest BCUT2D eigenvalue weighted by Gasteiger charge is 2.08. The SMILES string of the molecule is O=c1ncnc2n(-c3ccccc3)nnn12. The summed E-state index contributed by atoms with van der Waals surface area (Å²) in [5, 5.41) is 7.54. The van der Waals surface area contributed by atoms with Gasteiger partial charge in [0.2, 0.25) is 0 Å². The lowest BCUT2D eigenvalue weighted by atomic mass is 10.3. The molecular formula is C9H6N6O. The Labute approximate surface area is 89.0 Å². The average molecular weight is 214 g/mol. The van der Waals surface area contributed by atoms with Gasteiger partial charge in [0.25, 0.3) is 5.78 Å². The number of benzene rings is 1. The maximum atomic E-state index is 11.3. The van der Waals surface area contributed by atoms with E-state index in [1.165, 1.54) is 11.0 Å². The molecule has 0 unspecified atom stereocenters. The summed E-state index contributed by atoms with van der Waals surface area (Å²) in [6.07, 6.45) is 1.19. The predicted octanol–water partition coefficient (Wildman–Crippen LogP) is -0.330. The molecule has 0 spiro atoms. The van der Waals surface area contributed by atoms with Crippen LogP contribution in [0.25, 0.3) is 11.5 Å². The molecule has 1 aromatic carbocycles. The predicted molar refractivity (Wildman–Crippen MR) is 54.2 cm³/mol. The summed E-state index contributed by atoms with van der Waals surface area (Å²) in [6, 6.07) is 9.33. The van der Waals surface area contributed by atoms with Crippen molar-refractivity contribution in [2.24, 2.45) is 0 Å². The van der Waals surface area contributed by atoms with Crippen molar-refractivity contribution in [1.82, 2.24) is 29.6 Å². The maximum absolute atomic E-state index is 11.3. The molecule has 0 saturated carbocycles. The molecule has 0 aliphatic carbocycles. The number of hydrogen-bond donors (Lipinski definition) is 0. The van der Waals surface area contributed by atoms with Gasteiger partial charge in [-0.3, -0.25) is 0 Å². The number of fused-ring (bicyclic) bond motifs is 1. The largest absolute Gasteiger partial charge is 0.374 e. The first-order chi connectivity index (χ1) is 7.86. The molecule has 0 saturated heterocycles. The molecule has 0 radical (unpaired) electrons. The lowest BCUT2D eigenvalue weighted by molar-refractivity contribution is 0.749. The van der Waals surface area contributed by atoms with Crippen LogP contribution in [0.5, 0.6) is 0 Å². The van der Waals surface area contributed by atoms with Gasteiger partial charge in [-0.2, -0.15) is 14.6 Å². The Balaban J connectivity index is 2.34. The minimum Gasteiger partial charge on any atom is -0.243 e. The summed E-state index contributed by atoms with van der Waals surface area (Å²) >= 11 is 0. The van der Waals surface area contributed by atoms with Gasteiger partial charge in [0, 0.05) is 0 Å². The molecule has 7 heteroatoms. The van der Waals surface area contributed by atoms with Gasteiger partial charge in [-0.25, -0.2) is 4.79 Å². The van der Waals surface area contributed by atoms with Crippen LogP contribution in [0.2, 0.25) is 0 Å². The van der Waals surface area contributed by atoms with Gasteiger partial charge >= 0.3 is 5.69 Å². The van der Waals surface area contributed by atoms with Crippen LogP contribution in [-0.2, 0) is 0 Å². The molecule has 0 N–H and O–H groups in total. The number of para-hydroxylation sites is 1. The second kappa shape index (κ2) is 3.23. The normalized spacial score (nSPS) is 10.8. The maximum Gasteiger partial charge on any atom is 0.374 e. The summed E-state index contributed by atoms with van der Waals surface area (Å²) in [6.45, 7) is 0. The third-order valence-electron chi connectivity index (χ3n) is 2.12. The van der Waals surface area contributed by atoms with E-state index in [-0.39, 0.29) is 0 Å². The second-order valence-corrected chi connectivity index (χ2v) is 3.09. The Bertz CT molecular complexity index is 686. The molecule has 0 bridgehead atoms. The molecule has 0 fully saturated rings. The van der Waals surface area contributed by atoms with E-state index in [1.54, 1.807) is 0 Å². The summed E-state index contributed by atoms with van der Waals surface area (Å²) in [4.78, 5) is 18.8. The fraction of sp³-hybridized carbons (Fsp3) is 0. The van der Waals surface area contributed by atoms with Crippen molar-refractivity contribution in [3.05, 3.63) is 47.1 Å². The molecule has 7 nitrogen and oxygen atoms in total. The van der Waals surface area contributed by atoms with Crippen LogP contribution in [-0.4, -0.2) is 29.6 Å². The van der Waals surface area contributed by atoms with Crippen LogP contribution in [0.1, 0.15) is 0 Å². The molecule has 3 rings (SSSR count). The third-order valence-corrected chi connectivity index (χ3v) is 2.12. The van der Waals surface area contributed by atoms with Crippen molar-refractivity contribution in [3.8, 4) is 5.69 Å². The highest BCUT2D eigenvalue weighted by Crippen LogP contribution is 2.06. The van der Waals surface area contributed by atoms with Crippen LogP contribution in [0.4, 0.5) is 0 Å². The summed E-state index contributed by atoms with van der Waals surface area (Å²) in [7, 11) is 0. The number of aromatic nitrogens is 6. The lowest BCUT2D eigenvalue weighted by Crippen LogP contribution is -2.18. The zero-order valence-corrected chi connectivity index (χ0v) is 8.06. The van der Waals surface area contributed by atoms with Crippen molar-refractivity contribution < 1.29 is 0 Å². The van der Waals surface area contributed by atoms with Gasteiger partial charge < -0.3 is 0 Å². The molecule has 3 aromatic rings. The number of nitrogens with zero attached hydrogens (tertiary/aromatic N) is 6. The second-order valence-electron chi connectivity index (χ2n) is 3.09. The van der Waals surface area contributed by atoms with E-state index in [0.717, 1.165) is 10.2 Å². The molecule has 0 amide bonds. The first kappa shape index (κ1) is 8.72. The van der Waals surface area contributed by atoms with Gasteiger partial charge in [-0.15, -0.1) is 4.52 Å². The summed E-state index contributed by atoms with van der Waals surface area (Å²) in [5.74, 6) is 0.339. The molecular weight excluding hydrogens is 208 g/mol. The zero-order valence-electron chi connectivity index (χ0n) is 8.06. The Kier molecular flexibility index (Phi) is 1.76. The minimum absolute atomic E-state index is 0.339. The van der Waals surface area contributed by atoms with Crippen molar-refractivity contribution in [2.75, 3.05) is 0 Å². The Morgan fingerprint density at radius 3 is 2.62 bits per heavy atom. The van der Waals surface area contributed by atoms with Crippen molar-refractivity contribution >= 4 is 5.78 Å². The Morgan fingerprint density at radius 1 is 1.00 bits per heavy atom. The van der Waals surface area contributed by atoms with Gasteiger partial charge in [0.1, 0.15) is 6.33 Å². The van der Waals surface area contributed by atoms with Crippen molar-refractivity contribution in [3.63, 3.8) is 0 Å². The summed E-state index contributed by atoms with van der Waals surface area (Å²) in [5.41, 5.74) is 0.294. The van der Waals surface area contributed by atoms with E-state index < -0.39 is 5.69 Å². The molecule has 0 aliphatic heterocycles. The van der Waals surface area contributed by atoms with Gasteiger partial charge in [0.15, 0.2) is 0 Å². The minimum atomic E-state index is -0.493. The lowest BCUT2D eigenvalue weighted by Gasteiger charge is -1.98. The van der Waals surface area contributed by atoms with Crippen LogP contribution < -0.4 is 5.69 Å². The molecule has 2 heterocycles. The van der Waals surface area contributed by atoms with E-state index in [4.69, 9.17) is 0 Å². The quantitative estimate of drug-likeness (QED) is 0.554. The first-order valence-electron chi connectivity index (χ1n) is 4.57. The first-order valence-corrected chi connectivity index (χ1v) is 4.57. The number of tetrazole rings is 1. The number of rotatable bonds is 1. The fourth-order valence-corrected chi connectivity index (χ4v) is 1.40. The summed E-state index contributed by atoms with van der Waals surface area (Å²) < 4.78 is 2.52. The zero-order chi connectivity index (χ0) is 11.0. The van der Waals surface area contributed by atoms with E-state index in [1.807, 2.05) is 30.3 Å². The molecule has 16 heavy (non-hydrogen) atoms. The Morgan fingerprint density at radius 2 is 1.81 bits per heavy atom.